The second-order valence-electron chi connectivity index (χ2n) is 6.51. The minimum Gasteiger partial charge on any atom is -0.508 e. The van der Waals surface area contributed by atoms with Gasteiger partial charge in [-0.3, -0.25) is 4.79 Å². The van der Waals surface area contributed by atoms with E-state index in [2.05, 4.69) is 0 Å². The summed E-state index contributed by atoms with van der Waals surface area (Å²) >= 11 is 0. The van der Waals surface area contributed by atoms with Crippen LogP contribution in [0.5, 0.6) is 5.75 Å². The zero-order valence-corrected chi connectivity index (χ0v) is 14.9. The average molecular weight is 337 g/mol. The first-order valence-corrected chi connectivity index (χ1v) is 8.49. The Morgan fingerprint density at radius 3 is 2.48 bits per heavy atom. The summed E-state index contributed by atoms with van der Waals surface area (Å²) in [6.45, 7) is 2.39. The fourth-order valence-electron chi connectivity index (χ4n) is 3.15. The van der Waals surface area contributed by atoms with Crippen LogP contribution in [0.15, 0.2) is 46.9 Å². The Hall–Kier alpha value is -2.59. The minimum absolute atomic E-state index is 0.0373. The molecule has 0 atom stereocenters. The summed E-state index contributed by atoms with van der Waals surface area (Å²) in [6, 6.07) is 13.3. The van der Waals surface area contributed by atoms with Crippen LogP contribution in [0.2, 0.25) is 0 Å². The summed E-state index contributed by atoms with van der Waals surface area (Å²) in [6.07, 6.45) is 0.951. The van der Waals surface area contributed by atoms with Gasteiger partial charge in [-0.05, 0) is 31.8 Å². The smallest absolute Gasteiger partial charge is 0.166 e. The molecule has 3 rings (SSSR count). The van der Waals surface area contributed by atoms with E-state index in [1.807, 2.05) is 56.3 Å². The molecule has 2 aromatic carbocycles. The van der Waals surface area contributed by atoms with Gasteiger partial charge >= 0.3 is 0 Å². The van der Waals surface area contributed by atoms with Gasteiger partial charge in [-0.15, -0.1) is 0 Å². The molecule has 0 aliphatic carbocycles. The Morgan fingerprint density at radius 2 is 1.84 bits per heavy atom. The Kier molecular flexibility index (Phi) is 4.91. The molecule has 130 valence electrons. The summed E-state index contributed by atoms with van der Waals surface area (Å²) in [7, 11) is 3.87. The van der Waals surface area contributed by atoms with Crippen molar-refractivity contribution < 1.29 is 14.3 Å². The Bertz CT molecular complexity index is 894. The van der Waals surface area contributed by atoms with Crippen LogP contribution in [-0.2, 0) is 13.0 Å². The first-order chi connectivity index (χ1) is 12.0. The van der Waals surface area contributed by atoms with Crippen LogP contribution in [0.25, 0.3) is 11.0 Å². The van der Waals surface area contributed by atoms with Gasteiger partial charge in [-0.2, -0.15) is 0 Å². The first kappa shape index (κ1) is 17.2. The number of phenolic OH excluding ortho intramolecular Hbond substituents is 1. The number of carbonyl (C=O) groups is 1. The number of phenols is 1. The lowest BCUT2D eigenvalue weighted by Gasteiger charge is -2.13. The zero-order chi connectivity index (χ0) is 18.0. The van der Waals surface area contributed by atoms with E-state index in [1.165, 1.54) is 0 Å². The topological polar surface area (TPSA) is 53.7 Å². The number of nitrogens with zero attached hydrogens (tertiary/aromatic N) is 1. The quantitative estimate of drug-likeness (QED) is 0.678. The van der Waals surface area contributed by atoms with Crippen molar-refractivity contribution in [3.8, 4) is 5.75 Å². The van der Waals surface area contributed by atoms with E-state index < -0.39 is 0 Å². The Morgan fingerprint density at radius 1 is 1.12 bits per heavy atom. The molecule has 0 unspecified atom stereocenters. The van der Waals surface area contributed by atoms with Crippen LogP contribution < -0.4 is 0 Å². The van der Waals surface area contributed by atoms with Gasteiger partial charge in [0.1, 0.15) is 17.1 Å². The van der Waals surface area contributed by atoms with Crippen molar-refractivity contribution >= 4 is 16.8 Å². The monoisotopic (exact) mass is 337 g/mol. The van der Waals surface area contributed by atoms with Crippen LogP contribution >= 0.6 is 0 Å². The minimum atomic E-state index is 0.0373. The highest BCUT2D eigenvalue weighted by Crippen LogP contribution is 2.36. The van der Waals surface area contributed by atoms with Gasteiger partial charge in [0.15, 0.2) is 5.78 Å². The molecule has 1 N–H and O–H groups in total. The van der Waals surface area contributed by atoms with E-state index in [4.69, 9.17) is 4.42 Å². The van der Waals surface area contributed by atoms with Gasteiger partial charge < -0.3 is 14.4 Å². The highest BCUT2D eigenvalue weighted by molar-refractivity contribution is 6.10. The maximum absolute atomic E-state index is 12.7. The number of carbonyl (C=O) groups excluding carboxylic acids is 1. The molecule has 0 radical (unpaired) electrons. The molecule has 0 saturated carbocycles. The van der Waals surface area contributed by atoms with Crippen LogP contribution in [0.4, 0.5) is 0 Å². The summed E-state index contributed by atoms with van der Waals surface area (Å²) in [5.41, 5.74) is 3.08. The number of benzene rings is 2. The second-order valence-corrected chi connectivity index (χ2v) is 6.51. The van der Waals surface area contributed by atoms with E-state index in [1.54, 1.807) is 12.1 Å². The van der Waals surface area contributed by atoms with Crippen LogP contribution in [0.3, 0.4) is 0 Å². The maximum Gasteiger partial charge on any atom is 0.166 e. The Balaban J connectivity index is 2.22. The SMILES string of the molecule is CCC(=O)c1c(Cc2ccccc2)oc2ccc(O)c(CN(C)C)c12. The lowest BCUT2D eigenvalue weighted by molar-refractivity contribution is 0.0987. The number of hydrogen-bond acceptors (Lipinski definition) is 4. The van der Waals surface area contributed by atoms with Crippen LogP contribution in [-0.4, -0.2) is 29.9 Å². The largest absolute Gasteiger partial charge is 0.508 e. The van der Waals surface area contributed by atoms with Crippen molar-refractivity contribution in [2.75, 3.05) is 14.1 Å². The van der Waals surface area contributed by atoms with Gasteiger partial charge in [-0.25, -0.2) is 0 Å². The standard InChI is InChI=1S/C21H23NO3/c1-4-16(23)21-19(12-14-8-6-5-7-9-14)25-18-11-10-17(24)15(20(18)21)13-22(2)3/h5-11,24H,4,12-13H2,1-3H3. The van der Waals surface area contributed by atoms with Gasteiger partial charge in [0.2, 0.25) is 0 Å². The number of rotatable bonds is 6. The van der Waals surface area contributed by atoms with Crippen molar-refractivity contribution in [3.63, 3.8) is 0 Å². The van der Waals surface area contributed by atoms with Gasteiger partial charge in [0, 0.05) is 30.3 Å². The number of furan rings is 1. The molecule has 3 aromatic rings. The maximum atomic E-state index is 12.7. The van der Waals surface area contributed by atoms with E-state index in [0.29, 0.717) is 36.3 Å². The molecular weight excluding hydrogens is 314 g/mol. The number of aromatic hydroxyl groups is 1. The molecule has 1 aromatic heterocycles. The zero-order valence-electron chi connectivity index (χ0n) is 14.9. The van der Waals surface area contributed by atoms with Crippen molar-refractivity contribution in [3.05, 3.63) is 64.9 Å². The van der Waals surface area contributed by atoms with Crippen molar-refractivity contribution in [1.29, 1.82) is 0 Å². The third-order valence-electron chi connectivity index (χ3n) is 4.29. The van der Waals surface area contributed by atoms with Crippen molar-refractivity contribution in [1.82, 2.24) is 4.90 Å². The third kappa shape index (κ3) is 3.44. The highest BCUT2D eigenvalue weighted by Gasteiger charge is 2.24. The number of hydrogen-bond donors (Lipinski definition) is 1. The molecule has 4 heteroatoms. The highest BCUT2D eigenvalue weighted by atomic mass is 16.3. The second kappa shape index (κ2) is 7.11. The third-order valence-corrected chi connectivity index (χ3v) is 4.29. The van der Waals surface area contributed by atoms with Crippen LogP contribution in [0.1, 0.15) is 40.6 Å². The lowest BCUT2D eigenvalue weighted by atomic mass is 9.97. The number of Topliss-reactive ketones (excluding diaryl/α,β-unsaturated/α-hetero) is 1. The summed E-state index contributed by atoms with van der Waals surface area (Å²) in [5, 5.41) is 11.1. The normalized spacial score (nSPS) is 11.4. The summed E-state index contributed by atoms with van der Waals surface area (Å²) in [4.78, 5) is 14.7. The molecule has 25 heavy (non-hydrogen) atoms. The number of ketones is 1. The molecule has 0 aliphatic rings. The molecular formula is C21H23NO3. The number of fused-ring (bicyclic) bond motifs is 1. The van der Waals surface area contributed by atoms with Gasteiger partial charge in [0.05, 0.1) is 5.56 Å². The van der Waals surface area contributed by atoms with E-state index in [0.717, 1.165) is 16.5 Å². The van der Waals surface area contributed by atoms with E-state index in [9.17, 15) is 9.90 Å². The van der Waals surface area contributed by atoms with Crippen LogP contribution in [0, 0.1) is 0 Å². The lowest BCUT2D eigenvalue weighted by Crippen LogP contribution is -2.12. The predicted octanol–water partition coefficient (Wildman–Crippen LogP) is 4.38. The Labute approximate surface area is 147 Å². The van der Waals surface area contributed by atoms with E-state index in [-0.39, 0.29) is 11.5 Å². The molecule has 0 fully saturated rings. The average Bonchev–Trinajstić information content (AvgIpc) is 2.95. The summed E-state index contributed by atoms with van der Waals surface area (Å²) in [5.74, 6) is 0.896. The molecule has 1 heterocycles. The van der Waals surface area contributed by atoms with Crippen molar-refractivity contribution in [2.24, 2.45) is 0 Å². The fraction of sp³-hybridized carbons (Fsp3) is 0.286. The molecule has 0 bridgehead atoms. The summed E-state index contributed by atoms with van der Waals surface area (Å²) < 4.78 is 6.05. The first-order valence-electron chi connectivity index (χ1n) is 8.49. The molecule has 4 nitrogen and oxygen atoms in total. The van der Waals surface area contributed by atoms with Gasteiger partial charge in [-0.1, -0.05) is 37.3 Å². The van der Waals surface area contributed by atoms with Gasteiger partial charge in [0.25, 0.3) is 0 Å². The fourth-order valence-corrected chi connectivity index (χ4v) is 3.15. The molecule has 0 spiro atoms. The molecule has 0 amide bonds. The molecule has 0 aliphatic heterocycles. The van der Waals surface area contributed by atoms with Crippen molar-refractivity contribution in [2.45, 2.75) is 26.3 Å². The predicted molar refractivity (Wildman–Crippen MR) is 99.1 cm³/mol. The van der Waals surface area contributed by atoms with E-state index >= 15 is 0 Å². The molecule has 0 saturated heterocycles.